The Hall–Kier alpha value is -3.45. The first kappa shape index (κ1) is 23.7. The standard InChI is InChI=1S/C21H17ClN4O6S2/c1-31-18-10-7-15(22)12-19(18)34(29,30)26-17-4-2-3-14(11-17)21(27)23-16-8-5-13(6-9-16)20-24-32-33(28)25-20/h2-12,26H,1H3,(H,23,27)(H,24,25). The van der Waals surface area contributed by atoms with Crippen molar-refractivity contribution in [3.63, 3.8) is 0 Å². The van der Waals surface area contributed by atoms with Gasteiger partial charge in [-0.05, 0) is 60.7 Å². The van der Waals surface area contributed by atoms with Crippen molar-refractivity contribution in [3.8, 4) is 5.75 Å². The van der Waals surface area contributed by atoms with E-state index in [-0.39, 0.29) is 26.9 Å². The lowest BCUT2D eigenvalue weighted by molar-refractivity contribution is 0.102. The second kappa shape index (κ2) is 9.81. The van der Waals surface area contributed by atoms with Gasteiger partial charge >= 0.3 is 11.3 Å². The second-order valence-corrected chi connectivity index (χ2v) is 9.73. The summed E-state index contributed by atoms with van der Waals surface area (Å²) in [6, 6.07) is 16.9. The number of rotatable bonds is 7. The smallest absolute Gasteiger partial charge is 0.309 e. The predicted molar refractivity (Wildman–Crippen MR) is 129 cm³/mol. The Morgan fingerprint density at radius 2 is 1.85 bits per heavy atom. The van der Waals surface area contributed by atoms with Crippen LogP contribution in [-0.4, -0.2) is 31.5 Å². The van der Waals surface area contributed by atoms with Crippen LogP contribution in [0.3, 0.4) is 0 Å². The van der Waals surface area contributed by atoms with Gasteiger partial charge in [0.2, 0.25) is 0 Å². The Morgan fingerprint density at radius 1 is 1.09 bits per heavy atom. The third kappa shape index (κ3) is 5.37. The van der Waals surface area contributed by atoms with Crippen LogP contribution in [0.4, 0.5) is 11.4 Å². The number of anilines is 2. The number of carbonyl (C=O) groups is 1. The number of hydroxylamine groups is 1. The lowest BCUT2D eigenvalue weighted by atomic mass is 10.1. The number of halogens is 1. The van der Waals surface area contributed by atoms with E-state index in [1.165, 1.54) is 37.4 Å². The van der Waals surface area contributed by atoms with Gasteiger partial charge in [0.15, 0.2) is 5.84 Å². The molecule has 1 atom stereocenters. The molecule has 1 aliphatic rings. The molecule has 3 N–H and O–H groups in total. The quantitative estimate of drug-likeness (QED) is 0.435. The summed E-state index contributed by atoms with van der Waals surface area (Å²) in [6.45, 7) is 0. The molecule has 0 bridgehead atoms. The first-order valence-corrected chi connectivity index (χ1v) is 12.5. The lowest BCUT2D eigenvalue weighted by Crippen LogP contribution is -2.18. The minimum Gasteiger partial charge on any atom is -0.495 e. The maximum absolute atomic E-state index is 12.9. The number of hydrogen-bond acceptors (Lipinski definition) is 7. The second-order valence-electron chi connectivity index (χ2n) is 6.86. The number of methoxy groups -OCH3 is 1. The van der Waals surface area contributed by atoms with E-state index in [9.17, 15) is 17.4 Å². The largest absolute Gasteiger partial charge is 0.495 e. The average molecular weight is 521 g/mol. The van der Waals surface area contributed by atoms with Crippen molar-refractivity contribution in [2.75, 3.05) is 17.1 Å². The number of amidine groups is 1. The molecular weight excluding hydrogens is 504 g/mol. The Morgan fingerprint density at radius 3 is 2.53 bits per heavy atom. The van der Waals surface area contributed by atoms with Crippen LogP contribution in [0.5, 0.6) is 5.75 Å². The maximum Gasteiger partial charge on any atom is 0.309 e. The van der Waals surface area contributed by atoms with Crippen LogP contribution in [0.2, 0.25) is 5.02 Å². The van der Waals surface area contributed by atoms with E-state index in [2.05, 4.69) is 24.2 Å². The fourth-order valence-corrected chi connectivity index (χ4v) is 4.97. The van der Waals surface area contributed by atoms with Crippen LogP contribution < -0.4 is 20.3 Å². The van der Waals surface area contributed by atoms with Crippen molar-refractivity contribution in [2.45, 2.75) is 4.90 Å². The molecule has 0 radical (unpaired) electrons. The average Bonchev–Trinajstić information content (AvgIpc) is 3.25. The molecule has 0 saturated heterocycles. The third-order valence-corrected chi connectivity index (χ3v) is 6.78. The normalized spacial score (nSPS) is 15.2. The van der Waals surface area contributed by atoms with E-state index >= 15 is 0 Å². The van der Waals surface area contributed by atoms with Gasteiger partial charge < -0.3 is 10.1 Å². The monoisotopic (exact) mass is 520 g/mol. The van der Waals surface area contributed by atoms with E-state index < -0.39 is 27.2 Å². The van der Waals surface area contributed by atoms with E-state index in [4.69, 9.17) is 16.3 Å². The summed E-state index contributed by atoms with van der Waals surface area (Å²) in [5.74, 6) is -0.00625. The summed E-state index contributed by atoms with van der Waals surface area (Å²) in [7, 11) is -2.68. The van der Waals surface area contributed by atoms with Gasteiger partial charge in [-0.2, -0.15) is 4.28 Å². The van der Waals surface area contributed by atoms with Gasteiger partial charge in [0.25, 0.3) is 15.9 Å². The van der Waals surface area contributed by atoms with Crippen LogP contribution in [0.15, 0.2) is 76.0 Å². The Kier molecular flexibility index (Phi) is 6.84. The number of nitrogens with zero attached hydrogens (tertiary/aromatic N) is 1. The Labute approximate surface area is 202 Å². The lowest BCUT2D eigenvalue weighted by Gasteiger charge is -2.13. The van der Waals surface area contributed by atoms with Crippen LogP contribution in [0.25, 0.3) is 0 Å². The molecule has 1 aliphatic heterocycles. The topological polar surface area (TPSA) is 135 Å². The van der Waals surface area contributed by atoms with Crippen LogP contribution >= 0.6 is 11.6 Å². The molecule has 13 heteroatoms. The molecule has 0 aromatic heterocycles. The molecule has 0 spiro atoms. The molecule has 1 heterocycles. The summed E-state index contributed by atoms with van der Waals surface area (Å²) in [5.41, 5.74) is 3.97. The van der Waals surface area contributed by atoms with Gasteiger partial charge in [0.05, 0.1) is 7.11 Å². The SMILES string of the molecule is COc1ccc(Cl)cc1S(=O)(=O)Nc1cccc(C(=O)Nc2ccc(C3=NS(=O)ON3)cc2)c1. The highest BCUT2D eigenvalue weighted by atomic mass is 35.5. The van der Waals surface area contributed by atoms with Crippen LogP contribution in [-0.2, 0) is 25.6 Å². The molecule has 1 unspecified atom stereocenters. The molecular formula is C21H17ClN4O6S2. The zero-order valence-corrected chi connectivity index (χ0v) is 19.8. The number of ether oxygens (including phenoxy) is 1. The summed E-state index contributed by atoms with van der Waals surface area (Å²) in [6.07, 6.45) is 0. The molecule has 0 fully saturated rings. The first-order valence-electron chi connectivity index (χ1n) is 9.57. The van der Waals surface area contributed by atoms with Crippen LogP contribution in [0, 0.1) is 0 Å². The summed E-state index contributed by atoms with van der Waals surface area (Å²) < 4.78 is 52.9. The molecule has 176 valence electrons. The first-order chi connectivity index (χ1) is 16.2. The van der Waals surface area contributed by atoms with Crippen molar-refractivity contribution in [1.29, 1.82) is 0 Å². The number of hydrogen-bond donors (Lipinski definition) is 3. The third-order valence-electron chi connectivity index (χ3n) is 4.58. The molecule has 0 aliphatic carbocycles. The Balaban J connectivity index is 1.49. The fraction of sp³-hybridized carbons (Fsp3) is 0.0476. The summed E-state index contributed by atoms with van der Waals surface area (Å²) in [4.78, 5) is 12.6. The number of amides is 1. The van der Waals surface area contributed by atoms with Crippen molar-refractivity contribution in [2.24, 2.45) is 4.40 Å². The molecule has 34 heavy (non-hydrogen) atoms. The van der Waals surface area contributed by atoms with Gasteiger partial charge in [0.1, 0.15) is 10.6 Å². The van der Waals surface area contributed by atoms with Crippen molar-refractivity contribution >= 4 is 56.0 Å². The molecule has 4 rings (SSSR count). The molecule has 3 aromatic carbocycles. The summed E-state index contributed by atoms with van der Waals surface area (Å²) in [5, 5.41) is 2.96. The molecule has 1 amide bonds. The van der Waals surface area contributed by atoms with Crippen molar-refractivity contribution < 1.29 is 26.4 Å². The van der Waals surface area contributed by atoms with E-state index in [0.717, 1.165) is 0 Å². The van der Waals surface area contributed by atoms with Crippen LogP contribution in [0.1, 0.15) is 15.9 Å². The molecule has 3 aromatic rings. The van der Waals surface area contributed by atoms with Gasteiger partial charge in [-0.25, -0.2) is 18.1 Å². The van der Waals surface area contributed by atoms with E-state index in [1.807, 2.05) is 0 Å². The molecule has 0 saturated carbocycles. The van der Waals surface area contributed by atoms with Gasteiger partial charge in [-0.3, -0.25) is 9.52 Å². The highest BCUT2D eigenvalue weighted by Crippen LogP contribution is 2.29. The zero-order valence-electron chi connectivity index (χ0n) is 17.4. The Bertz CT molecular complexity index is 1410. The minimum absolute atomic E-state index is 0.130. The molecule has 10 nitrogen and oxygen atoms in total. The minimum atomic E-state index is -4.04. The van der Waals surface area contributed by atoms with E-state index in [1.54, 1.807) is 36.4 Å². The van der Waals surface area contributed by atoms with Gasteiger partial charge in [0, 0.05) is 27.5 Å². The maximum atomic E-state index is 12.9. The van der Waals surface area contributed by atoms with Gasteiger partial charge in [-0.1, -0.05) is 17.7 Å². The summed E-state index contributed by atoms with van der Waals surface area (Å²) >= 11 is 4.18. The van der Waals surface area contributed by atoms with E-state index in [0.29, 0.717) is 17.1 Å². The number of nitrogens with one attached hydrogen (secondary N) is 3. The van der Waals surface area contributed by atoms with Gasteiger partial charge in [-0.15, -0.1) is 4.40 Å². The predicted octanol–water partition coefficient (Wildman–Crippen LogP) is 3.26. The number of carbonyl (C=O) groups excluding carboxylic acids is 1. The zero-order chi connectivity index (χ0) is 24.3. The van der Waals surface area contributed by atoms with Crippen molar-refractivity contribution in [3.05, 3.63) is 82.9 Å². The number of benzene rings is 3. The number of sulfonamides is 1. The van der Waals surface area contributed by atoms with Crippen molar-refractivity contribution in [1.82, 2.24) is 5.48 Å². The highest BCUT2D eigenvalue weighted by Gasteiger charge is 2.21. The fourth-order valence-electron chi connectivity index (χ4n) is 3.01. The highest BCUT2D eigenvalue weighted by molar-refractivity contribution is 7.92.